The highest BCUT2D eigenvalue weighted by Gasteiger charge is 2.15. The molecule has 0 aromatic heterocycles. The van der Waals surface area contributed by atoms with E-state index in [2.05, 4.69) is 5.32 Å². The number of amides is 3. The van der Waals surface area contributed by atoms with Crippen LogP contribution in [0.15, 0.2) is 54.6 Å². The maximum Gasteiger partial charge on any atom is 0.338 e. The standard InChI is InChI=1S/C17H15N3O6/c21-15(19-17(23)18-10-12-5-2-1-3-6-12)11-26-16(22)13-7-4-8-14(9-13)20(24)25/h1-9H,10-11H2,(H2,18,19,21,23). The zero-order valence-corrected chi connectivity index (χ0v) is 13.5. The molecular weight excluding hydrogens is 342 g/mol. The van der Waals surface area contributed by atoms with Crippen LogP contribution < -0.4 is 10.6 Å². The van der Waals surface area contributed by atoms with E-state index >= 15 is 0 Å². The first kappa shape index (κ1) is 18.6. The van der Waals surface area contributed by atoms with Crippen LogP contribution in [0.5, 0.6) is 0 Å². The van der Waals surface area contributed by atoms with Crippen LogP contribution in [0.4, 0.5) is 10.5 Å². The van der Waals surface area contributed by atoms with Gasteiger partial charge in [0, 0.05) is 18.7 Å². The van der Waals surface area contributed by atoms with Crippen molar-refractivity contribution in [1.82, 2.24) is 10.6 Å². The average molecular weight is 357 g/mol. The number of nitrogens with one attached hydrogen (secondary N) is 2. The summed E-state index contributed by atoms with van der Waals surface area (Å²) in [7, 11) is 0. The second-order valence-corrected chi connectivity index (χ2v) is 5.10. The van der Waals surface area contributed by atoms with Crippen molar-refractivity contribution in [3.63, 3.8) is 0 Å². The number of ether oxygens (including phenoxy) is 1. The van der Waals surface area contributed by atoms with Gasteiger partial charge >= 0.3 is 12.0 Å². The number of esters is 1. The summed E-state index contributed by atoms with van der Waals surface area (Å²) in [6.45, 7) is -0.465. The lowest BCUT2D eigenvalue weighted by molar-refractivity contribution is -0.384. The van der Waals surface area contributed by atoms with Crippen molar-refractivity contribution in [2.45, 2.75) is 6.54 Å². The van der Waals surface area contributed by atoms with Crippen LogP contribution in [0.25, 0.3) is 0 Å². The topological polar surface area (TPSA) is 128 Å². The van der Waals surface area contributed by atoms with Crippen LogP contribution in [0, 0.1) is 10.1 Å². The lowest BCUT2D eigenvalue weighted by Gasteiger charge is -2.07. The molecule has 2 rings (SSSR count). The van der Waals surface area contributed by atoms with Crippen LogP contribution in [0.2, 0.25) is 0 Å². The Kier molecular flexibility index (Phi) is 6.38. The molecule has 0 saturated heterocycles. The van der Waals surface area contributed by atoms with Crippen LogP contribution in [0.3, 0.4) is 0 Å². The number of benzene rings is 2. The maximum absolute atomic E-state index is 11.8. The van der Waals surface area contributed by atoms with Crippen molar-refractivity contribution >= 4 is 23.6 Å². The van der Waals surface area contributed by atoms with E-state index in [1.165, 1.54) is 18.2 Å². The van der Waals surface area contributed by atoms with Gasteiger partial charge in [-0.2, -0.15) is 0 Å². The molecule has 0 fully saturated rings. The van der Waals surface area contributed by atoms with E-state index in [1.54, 1.807) is 0 Å². The van der Waals surface area contributed by atoms with E-state index in [0.717, 1.165) is 11.6 Å². The van der Waals surface area contributed by atoms with Crippen molar-refractivity contribution < 1.29 is 24.0 Å². The van der Waals surface area contributed by atoms with Gasteiger partial charge in [0.2, 0.25) is 0 Å². The lowest BCUT2D eigenvalue weighted by atomic mass is 10.2. The normalized spacial score (nSPS) is 9.85. The Bertz CT molecular complexity index is 822. The van der Waals surface area contributed by atoms with Crippen LogP contribution in [-0.4, -0.2) is 29.4 Å². The van der Waals surface area contributed by atoms with Gasteiger partial charge < -0.3 is 10.1 Å². The van der Waals surface area contributed by atoms with Crippen molar-refractivity contribution in [2.75, 3.05) is 6.61 Å². The number of carbonyl (C=O) groups is 3. The fourth-order valence-corrected chi connectivity index (χ4v) is 1.95. The number of nitro benzene ring substituents is 1. The van der Waals surface area contributed by atoms with Gasteiger partial charge in [0.05, 0.1) is 10.5 Å². The second kappa shape index (κ2) is 8.92. The third-order valence-corrected chi connectivity index (χ3v) is 3.18. The highest BCUT2D eigenvalue weighted by molar-refractivity contribution is 5.97. The zero-order valence-electron chi connectivity index (χ0n) is 13.5. The van der Waals surface area contributed by atoms with E-state index < -0.39 is 29.4 Å². The van der Waals surface area contributed by atoms with Gasteiger partial charge in [-0.25, -0.2) is 9.59 Å². The highest BCUT2D eigenvalue weighted by Crippen LogP contribution is 2.13. The number of non-ortho nitro benzene ring substituents is 1. The van der Waals surface area contributed by atoms with Gasteiger partial charge in [-0.1, -0.05) is 36.4 Å². The summed E-state index contributed by atoms with van der Waals surface area (Å²) in [5.74, 6) is -1.73. The smallest absolute Gasteiger partial charge is 0.338 e. The highest BCUT2D eigenvalue weighted by atomic mass is 16.6. The van der Waals surface area contributed by atoms with Crippen molar-refractivity contribution in [2.24, 2.45) is 0 Å². The first-order chi connectivity index (χ1) is 12.5. The molecule has 0 saturated carbocycles. The molecule has 9 heteroatoms. The van der Waals surface area contributed by atoms with E-state index in [4.69, 9.17) is 4.74 Å². The Morgan fingerprint density at radius 3 is 2.46 bits per heavy atom. The predicted molar refractivity (Wildman–Crippen MR) is 90.2 cm³/mol. The summed E-state index contributed by atoms with van der Waals surface area (Å²) in [4.78, 5) is 45.0. The van der Waals surface area contributed by atoms with Gasteiger partial charge in [-0.15, -0.1) is 0 Å². The van der Waals surface area contributed by atoms with Crippen molar-refractivity contribution in [3.05, 3.63) is 75.8 Å². The van der Waals surface area contributed by atoms with Gasteiger partial charge in [0.1, 0.15) is 0 Å². The first-order valence-corrected chi connectivity index (χ1v) is 7.49. The number of nitrogens with zero attached hydrogens (tertiary/aromatic N) is 1. The third kappa shape index (κ3) is 5.71. The number of rotatable bonds is 6. The minimum Gasteiger partial charge on any atom is -0.452 e. The summed E-state index contributed by atoms with van der Waals surface area (Å²) < 4.78 is 4.73. The van der Waals surface area contributed by atoms with Gasteiger partial charge in [0.15, 0.2) is 6.61 Å². The molecule has 0 aliphatic rings. The third-order valence-electron chi connectivity index (χ3n) is 3.18. The maximum atomic E-state index is 11.8. The molecule has 0 spiro atoms. The van der Waals surface area contributed by atoms with Crippen LogP contribution in [0.1, 0.15) is 15.9 Å². The largest absolute Gasteiger partial charge is 0.452 e. The Balaban J connectivity index is 1.77. The molecule has 26 heavy (non-hydrogen) atoms. The van der Waals surface area contributed by atoms with Crippen molar-refractivity contribution in [1.29, 1.82) is 0 Å². The molecule has 3 amide bonds. The van der Waals surface area contributed by atoms with Gasteiger partial charge in [0.25, 0.3) is 11.6 Å². The molecule has 0 aliphatic carbocycles. The Morgan fingerprint density at radius 2 is 1.77 bits per heavy atom. The lowest BCUT2D eigenvalue weighted by Crippen LogP contribution is -2.41. The zero-order chi connectivity index (χ0) is 18.9. The van der Waals surface area contributed by atoms with E-state index in [0.29, 0.717) is 0 Å². The second-order valence-electron chi connectivity index (χ2n) is 5.10. The molecule has 0 radical (unpaired) electrons. The number of carbonyl (C=O) groups excluding carboxylic acids is 3. The molecule has 0 heterocycles. The molecular formula is C17H15N3O6. The minimum absolute atomic E-state index is 0.0690. The fraction of sp³-hybridized carbons (Fsp3) is 0.118. The number of imide groups is 1. The van der Waals surface area contributed by atoms with E-state index in [-0.39, 0.29) is 17.8 Å². The number of nitro groups is 1. The number of urea groups is 1. The molecule has 2 aromatic carbocycles. The van der Waals surface area contributed by atoms with Gasteiger partial charge in [-0.05, 0) is 11.6 Å². The van der Waals surface area contributed by atoms with Gasteiger partial charge in [-0.3, -0.25) is 20.2 Å². The summed E-state index contributed by atoms with van der Waals surface area (Å²) in [6, 6.07) is 13.2. The monoisotopic (exact) mass is 357 g/mol. The van der Waals surface area contributed by atoms with Crippen LogP contribution >= 0.6 is 0 Å². The molecule has 0 atom stereocenters. The summed E-state index contributed by atoms with van der Waals surface area (Å²) in [5.41, 5.74) is 0.511. The Labute approximate surface area is 148 Å². The molecule has 0 unspecified atom stereocenters. The van der Waals surface area contributed by atoms with Crippen LogP contribution in [-0.2, 0) is 16.1 Å². The predicted octanol–water partition coefficient (Wildman–Crippen LogP) is 1.78. The fourth-order valence-electron chi connectivity index (χ4n) is 1.95. The Morgan fingerprint density at radius 1 is 1.04 bits per heavy atom. The van der Waals surface area contributed by atoms with E-state index in [9.17, 15) is 24.5 Å². The molecule has 2 N–H and O–H groups in total. The first-order valence-electron chi connectivity index (χ1n) is 7.49. The Hall–Kier alpha value is -3.75. The summed E-state index contributed by atoms with van der Waals surface area (Å²) >= 11 is 0. The quantitative estimate of drug-likeness (QED) is 0.461. The summed E-state index contributed by atoms with van der Waals surface area (Å²) in [6.07, 6.45) is 0. The number of hydrogen-bond acceptors (Lipinski definition) is 6. The molecule has 9 nitrogen and oxygen atoms in total. The molecule has 2 aromatic rings. The minimum atomic E-state index is -0.909. The summed E-state index contributed by atoms with van der Waals surface area (Å²) in [5, 5.41) is 15.2. The molecule has 0 bridgehead atoms. The number of hydrogen-bond donors (Lipinski definition) is 2. The van der Waals surface area contributed by atoms with E-state index in [1.807, 2.05) is 35.6 Å². The van der Waals surface area contributed by atoms with Crippen molar-refractivity contribution in [3.8, 4) is 0 Å². The molecule has 134 valence electrons. The SMILES string of the molecule is O=C(COC(=O)c1cccc([N+](=O)[O-])c1)NC(=O)NCc1ccccc1. The average Bonchev–Trinajstić information content (AvgIpc) is 2.65. The molecule has 0 aliphatic heterocycles.